The molecular formula is C23H28N4O2. The van der Waals surface area contributed by atoms with Crippen molar-refractivity contribution in [2.45, 2.75) is 39.9 Å². The Morgan fingerprint density at radius 3 is 2.45 bits per heavy atom. The Balaban J connectivity index is 1.82. The maximum absolute atomic E-state index is 13.5. The van der Waals surface area contributed by atoms with E-state index in [9.17, 15) is 4.79 Å². The number of amides is 1. The zero-order valence-electron chi connectivity index (χ0n) is 17.7. The summed E-state index contributed by atoms with van der Waals surface area (Å²) < 4.78 is 9.62. The van der Waals surface area contributed by atoms with Crippen LogP contribution in [-0.2, 0) is 11.8 Å². The van der Waals surface area contributed by atoms with Gasteiger partial charge in [0.15, 0.2) is 0 Å². The van der Waals surface area contributed by atoms with E-state index >= 15 is 0 Å². The fraction of sp³-hybridized carbons (Fsp3) is 0.391. The second-order valence-electron chi connectivity index (χ2n) is 8.09. The van der Waals surface area contributed by atoms with Gasteiger partial charge in [0.2, 0.25) is 0 Å². The topological polar surface area (TPSA) is 52.3 Å². The minimum Gasteiger partial charge on any atom is -0.372 e. The molecule has 1 aromatic carbocycles. The van der Waals surface area contributed by atoms with Crippen molar-refractivity contribution in [1.82, 2.24) is 19.2 Å². The number of carbonyl (C=O) groups excluding carboxylic acids is 1. The third-order valence-corrected chi connectivity index (χ3v) is 5.42. The van der Waals surface area contributed by atoms with Crippen molar-refractivity contribution in [2.75, 3.05) is 13.1 Å². The second-order valence-corrected chi connectivity index (χ2v) is 8.09. The van der Waals surface area contributed by atoms with Crippen LogP contribution < -0.4 is 0 Å². The number of rotatable bonds is 3. The van der Waals surface area contributed by atoms with Crippen LogP contribution in [0.3, 0.4) is 0 Å². The number of hydrogen-bond donors (Lipinski definition) is 0. The number of aromatic nitrogens is 3. The summed E-state index contributed by atoms with van der Waals surface area (Å²) in [6, 6.07) is 12.1. The van der Waals surface area contributed by atoms with E-state index in [0.717, 1.165) is 22.6 Å². The van der Waals surface area contributed by atoms with E-state index in [1.54, 1.807) is 4.68 Å². The molecular weight excluding hydrogens is 364 g/mol. The van der Waals surface area contributed by atoms with Crippen LogP contribution in [0.25, 0.3) is 17.1 Å². The lowest BCUT2D eigenvalue weighted by Gasteiger charge is -2.35. The predicted octanol–water partition coefficient (Wildman–Crippen LogP) is 3.74. The molecule has 1 saturated heterocycles. The Bertz CT molecular complexity index is 1040. The van der Waals surface area contributed by atoms with Crippen LogP contribution in [0.4, 0.5) is 0 Å². The predicted molar refractivity (Wildman–Crippen MR) is 113 cm³/mol. The minimum atomic E-state index is -0.0139. The Hall–Kier alpha value is -2.86. The molecule has 2 unspecified atom stereocenters. The highest BCUT2D eigenvalue weighted by molar-refractivity contribution is 5.94. The molecule has 1 amide bonds. The maximum atomic E-state index is 13.5. The number of nitrogens with zero attached hydrogens (tertiary/aromatic N) is 4. The summed E-state index contributed by atoms with van der Waals surface area (Å²) in [6.45, 7) is 9.30. The lowest BCUT2D eigenvalue weighted by molar-refractivity contribution is -0.0588. The van der Waals surface area contributed by atoms with E-state index in [1.807, 2.05) is 60.8 Å². The first-order valence-corrected chi connectivity index (χ1v) is 10.1. The van der Waals surface area contributed by atoms with Crippen LogP contribution in [0.15, 0.2) is 42.6 Å². The van der Waals surface area contributed by atoms with Gasteiger partial charge in [-0.25, -0.2) is 4.68 Å². The number of morpholine rings is 1. The van der Waals surface area contributed by atoms with Crippen molar-refractivity contribution in [3.05, 3.63) is 59.4 Å². The van der Waals surface area contributed by atoms with Crippen molar-refractivity contribution in [1.29, 1.82) is 0 Å². The fourth-order valence-electron chi connectivity index (χ4n) is 4.12. The summed E-state index contributed by atoms with van der Waals surface area (Å²) in [5.41, 5.74) is 5.54. The molecule has 6 nitrogen and oxygen atoms in total. The first-order chi connectivity index (χ1) is 13.8. The van der Waals surface area contributed by atoms with E-state index in [1.165, 1.54) is 5.56 Å². The highest BCUT2D eigenvalue weighted by Gasteiger charge is 2.30. The van der Waals surface area contributed by atoms with Crippen LogP contribution in [0.1, 0.15) is 35.5 Å². The van der Waals surface area contributed by atoms with Crippen LogP contribution in [0.5, 0.6) is 0 Å². The molecule has 0 N–H and O–H groups in total. The monoisotopic (exact) mass is 392 g/mol. The highest BCUT2D eigenvalue weighted by Crippen LogP contribution is 2.26. The summed E-state index contributed by atoms with van der Waals surface area (Å²) in [5.74, 6) is -0.0139. The molecule has 0 aliphatic carbocycles. The Morgan fingerprint density at radius 1 is 1.10 bits per heavy atom. The van der Waals surface area contributed by atoms with Crippen molar-refractivity contribution in [3.8, 4) is 17.1 Å². The smallest absolute Gasteiger partial charge is 0.272 e. The average molecular weight is 393 g/mol. The molecule has 1 fully saturated rings. The Kier molecular flexibility index (Phi) is 5.04. The number of ether oxygens (including phenoxy) is 1. The maximum Gasteiger partial charge on any atom is 0.272 e. The molecule has 0 spiro atoms. The van der Waals surface area contributed by atoms with Gasteiger partial charge in [0.25, 0.3) is 5.91 Å². The molecule has 0 radical (unpaired) electrons. The summed E-state index contributed by atoms with van der Waals surface area (Å²) in [7, 11) is 1.98. The van der Waals surface area contributed by atoms with E-state index in [4.69, 9.17) is 9.84 Å². The van der Waals surface area contributed by atoms with Gasteiger partial charge in [-0.2, -0.15) is 5.10 Å². The molecule has 6 heteroatoms. The van der Waals surface area contributed by atoms with Crippen LogP contribution >= 0.6 is 0 Å². The Labute approximate surface area is 171 Å². The molecule has 4 rings (SSSR count). The zero-order chi connectivity index (χ0) is 20.7. The van der Waals surface area contributed by atoms with Gasteiger partial charge >= 0.3 is 0 Å². The molecule has 2 aromatic heterocycles. The van der Waals surface area contributed by atoms with Gasteiger partial charge in [0.05, 0.1) is 23.6 Å². The number of benzene rings is 1. The molecule has 3 aromatic rings. The number of carbonyl (C=O) groups is 1. The van der Waals surface area contributed by atoms with Crippen molar-refractivity contribution < 1.29 is 9.53 Å². The average Bonchev–Trinajstić information content (AvgIpc) is 3.26. The van der Waals surface area contributed by atoms with E-state index in [0.29, 0.717) is 18.8 Å². The molecule has 3 heterocycles. The zero-order valence-corrected chi connectivity index (χ0v) is 17.7. The SMILES string of the molecule is Cc1ccc(-n2nc(-c3cccn3C)cc2C(=O)N2CC(C)OC(C)C2)c(C)c1. The summed E-state index contributed by atoms with van der Waals surface area (Å²) >= 11 is 0. The molecule has 2 atom stereocenters. The highest BCUT2D eigenvalue weighted by atomic mass is 16.5. The van der Waals surface area contributed by atoms with Crippen LogP contribution in [0.2, 0.25) is 0 Å². The van der Waals surface area contributed by atoms with Gasteiger partial charge in [-0.05, 0) is 57.5 Å². The first kappa shape index (κ1) is 19.5. The lowest BCUT2D eigenvalue weighted by atomic mass is 10.1. The molecule has 0 saturated carbocycles. The van der Waals surface area contributed by atoms with Gasteiger partial charge in [0, 0.05) is 26.3 Å². The molecule has 0 bridgehead atoms. The third-order valence-electron chi connectivity index (χ3n) is 5.42. The quantitative estimate of drug-likeness (QED) is 0.682. The van der Waals surface area contributed by atoms with Crippen molar-refractivity contribution in [2.24, 2.45) is 7.05 Å². The van der Waals surface area contributed by atoms with Crippen molar-refractivity contribution >= 4 is 5.91 Å². The number of aryl methyl sites for hydroxylation is 3. The summed E-state index contributed by atoms with van der Waals surface area (Å²) in [6.07, 6.45) is 2.03. The number of hydrogen-bond acceptors (Lipinski definition) is 3. The van der Waals surface area contributed by atoms with Gasteiger partial charge in [-0.1, -0.05) is 17.7 Å². The second kappa shape index (κ2) is 7.52. The molecule has 29 heavy (non-hydrogen) atoms. The van der Waals surface area contributed by atoms with E-state index in [2.05, 4.69) is 26.0 Å². The van der Waals surface area contributed by atoms with Gasteiger partial charge < -0.3 is 14.2 Å². The van der Waals surface area contributed by atoms with E-state index < -0.39 is 0 Å². The largest absolute Gasteiger partial charge is 0.372 e. The van der Waals surface area contributed by atoms with Gasteiger partial charge in [0.1, 0.15) is 11.4 Å². The summed E-state index contributed by atoms with van der Waals surface area (Å²) in [5, 5.41) is 4.85. The normalized spacial score (nSPS) is 19.6. The molecule has 1 aliphatic rings. The summed E-state index contributed by atoms with van der Waals surface area (Å²) in [4.78, 5) is 15.4. The molecule has 152 valence electrons. The van der Waals surface area contributed by atoms with Crippen molar-refractivity contribution in [3.63, 3.8) is 0 Å². The fourth-order valence-corrected chi connectivity index (χ4v) is 4.12. The lowest BCUT2D eigenvalue weighted by Crippen LogP contribution is -2.48. The van der Waals surface area contributed by atoms with Gasteiger partial charge in [-0.15, -0.1) is 0 Å². The van der Waals surface area contributed by atoms with Crippen LogP contribution in [0, 0.1) is 13.8 Å². The van der Waals surface area contributed by atoms with Crippen LogP contribution in [-0.4, -0.2) is 50.5 Å². The molecule has 1 aliphatic heterocycles. The third kappa shape index (κ3) is 3.72. The first-order valence-electron chi connectivity index (χ1n) is 10.1. The van der Waals surface area contributed by atoms with E-state index in [-0.39, 0.29) is 18.1 Å². The minimum absolute atomic E-state index is 0.0139. The van der Waals surface area contributed by atoms with Gasteiger partial charge in [-0.3, -0.25) is 4.79 Å². The standard InChI is InChI=1S/C23H28N4O2/c1-15-8-9-20(16(2)11-15)27-22(12-19(24-27)21-7-6-10-25(21)5)23(28)26-13-17(3)29-18(4)14-26/h6-12,17-18H,13-14H2,1-5H3. The Morgan fingerprint density at radius 2 is 1.83 bits per heavy atom.